The molecule has 0 spiro atoms. The zero-order valence-corrected chi connectivity index (χ0v) is 11.9. The van der Waals surface area contributed by atoms with Gasteiger partial charge in [-0.25, -0.2) is 9.67 Å². The number of carbonyl (C=O) groups excluding carboxylic acids is 1. The Hall–Kier alpha value is -3.04. The molecule has 6 nitrogen and oxygen atoms in total. The van der Waals surface area contributed by atoms with Gasteiger partial charge in [-0.05, 0) is 12.1 Å². The molecule has 0 aliphatic heterocycles. The predicted molar refractivity (Wildman–Crippen MR) is 77.2 cm³/mol. The van der Waals surface area contributed by atoms with Crippen molar-refractivity contribution in [2.45, 2.75) is 6.18 Å². The quantitative estimate of drug-likeness (QED) is 0.531. The topological polar surface area (TPSA) is 73.6 Å². The minimum Gasteiger partial charge on any atom is -0.287 e. The third kappa shape index (κ3) is 3.03. The van der Waals surface area contributed by atoms with Crippen molar-refractivity contribution in [3.63, 3.8) is 0 Å². The number of carbonyl (C=O) groups is 1. The molecule has 0 saturated heterocycles. The van der Waals surface area contributed by atoms with Gasteiger partial charge >= 0.3 is 6.18 Å². The Morgan fingerprint density at radius 1 is 1.04 bits per heavy atom. The molecule has 0 bridgehead atoms. The van der Waals surface area contributed by atoms with Crippen LogP contribution in [0.4, 0.5) is 13.2 Å². The number of nitrogens with zero attached hydrogens (tertiary/aromatic N) is 5. The fraction of sp³-hybridized carbons (Fsp3) is 0.0714. The molecule has 10 heteroatoms. The van der Waals surface area contributed by atoms with Crippen LogP contribution in [0.1, 0.15) is 21.9 Å². The lowest BCUT2D eigenvalue weighted by molar-refractivity contribution is -0.144. The summed E-state index contributed by atoms with van der Waals surface area (Å²) in [4.78, 5) is 15.3. The lowest BCUT2D eigenvalue weighted by Crippen LogP contribution is -2.20. The number of halogens is 3. The lowest BCUT2D eigenvalue weighted by Gasteiger charge is -2.03. The molecule has 0 unspecified atom stereocenters. The van der Waals surface area contributed by atoms with Crippen LogP contribution in [0.3, 0.4) is 0 Å². The van der Waals surface area contributed by atoms with Crippen LogP contribution in [0.2, 0.25) is 0 Å². The number of benzene rings is 1. The molecule has 0 saturated carbocycles. The Morgan fingerprint density at radius 3 is 2.29 bits per heavy atom. The minimum atomic E-state index is -4.73. The predicted octanol–water partition coefficient (Wildman–Crippen LogP) is 1.10. The normalized spacial score (nSPS) is 11.5. The highest BCUT2D eigenvalue weighted by Gasteiger charge is 2.36. The second kappa shape index (κ2) is 5.87. The van der Waals surface area contributed by atoms with E-state index in [1.54, 1.807) is 30.3 Å². The van der Waals surface area contributed by atoms with E-state index in [1.165, 1.54) is 12.1 Å². The summed E-state index contributed by atoms with van der Waals surface area (Å²) in [5.74, 6) is -1.83. The zero-order valence-electron chi connectivity index (χ0n) is 11.9. The van der Waals surface area contributed by atoms with E-state index in [0.29, 0.717) is 10.2 Å². The van der Waals surface area contributed by atoms with Crippen LogP contribution in [-0.4, -0.2) is 38.6 Å². The third-order valence-electron chi connectivity index (χ3n) is 3.02. The number of aromatic nitrogens is 5. The molecule has 3 aromatic rings. The first kappa shape index (κ1) is 15.8. The first-order valence-corrected chi connectivity index (χ1v) is 6.60. The van der Waals surface area contributed by atoms with Crippen LogP contribution in [-0.2, 0) is 6.18 Å². The molecular formula is C14H7BF3N5O. The van der Waals surface area contributed by atoms with Crippen molar-refractivity contribution in [3.05, 3.63) is 59.5 Å². The lowest BCUT2D eigenvalue weighted by atomic mass is 10.1. The average Bonchev–Trinajstić information content (AvgIpc) is 2.97. The highest BCUT2D eigenvalue weighted by molar-refractivity contribution is 6.29. The summed E-state index contributed by atoms with van der Waals surface area (Å²) in [7, 11) is 5.41. The molecule has 0 atom stereocenters. The third-order valence-corrected chi connectivity index (χ3v) is 3.02. The van der Waals surface area contributed by atoms with Gasteiger partial charge in [0.2, 0.25) is 5.78 Å². The molecule has 0 aliphatic carbocycles. The molecule has 0 fully saturated rings. The summed E-state index contributed by atoms with van der Waals surface area (Å²) in [6, 6.07) is 11.0. The minimum absolute atomic E-state index is 0.0414. The van der Waals surface area contributed by atoms with Crippen LogP contribution < -0.4 is 5.72 Å². The van der Waals surface area contributed by atoms with Gasteiger partial charge in [0, 0.05) is 5.56 Å². The molecule has 0 aliphatic rings. The first-order valence-electron chi connectivity index (χ1n) is 6.60. The SMILES string of the molecule is [B]c1nc(C(F)(F)F)nn1-c1ccc(C(=O)c2ccccc2)nn1. The number of rotatable bonds is 3. The van der Waals surface area contributed by atoms with Crippen LogP contribution >= 0.6 is 0 Å². The number of hydrogen-bond donors (Lipinski definition) is 0. The summed E-state index contributed by atoms with van der Waals surface area (Å²) in [6.45, 7) is 0. The Kier molecular flexibility index (Phi) is 3.88. The van der Waals surface area contributed by atoms with Gasteiger partial charge in [-0.15, -0.1) is 15.3 Å². The van der Waals surface area contributed by atoms with Crippen LogP contribution in [0.25, 0.3) is 5.82 Å². The van der Waals surface area contributed by atoms with E-state index in [2.05, 4.69) is 20.3 Å². The maximum atomic E-state index is 12.6. The van der Waals surface area contributed by atoms with Gasteiger partial charge in [0.1, 0.15) is 5.69 Å². The van der Waals surface area contributed by atoms with Crippen molar-refractivity contribution in [3.8, 4) is 5.82 Å². The summed E-state index contributed by atoms with van der Waals surface area (Å²) in [5.41, 5.74) is -0.0300. The molecule has 2 aromatic heterocycles. The molecule has 2 radical (unpaired) electrons. The highest BCUT2D eigenvalue weighted by Crippen LogP contribution is 2.25. The van der Waals surface area contributed by atoms with Crippen molar-refractivity contribution in [2.24, 2.45) is 0 Å². The fourth-order valence-electron chi connectivity index (χ4n) is 1.91. The Labute approximate surface area is 134 Å². The van der Waals surface area contributed by atoms with Crippen molar-refractivity contribution in [1.29, 1.82) is 0 Å². The van der Waals surface area contributed by atoms with Gasteiger partial charge in [-0.2, -0.15) is 13.2 Å². The van der Waals surface area contributed by atoms with Gasteiger partial charge in [-0.3, -0.25) is 4.79 Å². The fourth-order valence-corrected chi connectivity index (χ4v) is 1.91. The first-order chi connectivity index (χ1) is 11.4. The molecule has 118 valence electrons. The molecule has 0 amide bonds. The van der Waals surface area contributed by atoms with E-state index in [9.17, 15) is 18.0 Å². The summed E-state index contributed by atoms with van der Waals surface area (Å²) in [5, 5.41) is 10.7. The van der Waals surface area contributed by atoms with Gasteiger partial charge < -0.3 is 0 Å². The molecular weight excluding hydrogens is 322 g/mol. The maximum Gasteiger partial charge on any atom is 0.453 e. The molecule has 2 heterocycles. The number of alkyl halides is 3. The van der Waals surface area contributed by atoms with Gasteiger partial charge in [-0.1, -0.05) is 30.3 Å². The highest BCUT2D eigenvalue weighted by atomic mass is 19.4. The summed E-state index contributed by atoms with van der Waals surface area (Å²) >= 11 is 0. The Bertz CT molecular complexity index is 878. The van der Waals surface area contributed by atoms with Crippen molar-refractivity contribution in [2.75, 3.05) is 0 Å². The van der Waals surface area contributed by atoms with E-state index in [0.717, 1.165) is 0 Å². The second-order valence-electron chi connectivity index (χ2n) is 4.68. The van der Waals surface area contributed by atoms with E-state index < -0.39 is 17.7 Å². The van der Waals surface area contributed by atoms with Gasteiger partial charge in [0.25, 0.3) is 5.82 Å². The molecule has 0 N–H and O–H groups in total. The van der Waals surface area contributed by atoms with E-state index in [1.807, 2.05) is 0 Å². The Balaban J connectivity index is 1.90. The van der Waals surface area contributed by atoms with Crippen molar-refractivity contribution < 1.29 is 18.0 Å². The zero-order chi connectivity index (χ0) is 17.3. The standard InChI is InChI=1S/C14H7BF3N5O/c15-13-19-12(14(16,17)18)22-23(13)10-7-6-9(20-21-10)11(24)8-4-2-1-3-5-8/h1-7H. The number of ketones is 1. The smallest absolute Gasteiger partial charge is 0.287 e. The maximum absolute atomic E-state index is 12.6. The average molecular weight is 329 g/mol. The van der Waals surface area contributed by atoms with E-state index >= 15 is 0 Å². The van der Waals surface area contributed by atoms with Gasteiger partial charge in [0.15, 0.2) is 13.7 Å². The number of hydrogen-bond acceptors (Lipinski definition) is 5. The van der Waals surface area contributed by atoms with E-state index in [-0.39, 0.29) is 17.3 Å². The molecule has 24 heavy (non-hydrogen) atoms. The van der Waals surface area contributed by atoms with E-state index in [4.69, 9.17) is 7.85 Å². The summed E-state index contributed by atoms with van der Waals surface area (Å²) < 4.78 is 38.4. The molecule has 3 rings (SSSR count). The molecule has 1 aromatic carbocycles. The Morgan fingerprint density at radius 2 is 1.75 bits per heavy atom. The largest absolute Gasteiger partial charge is 0.453 e. The van der Waals surface area contributed by atoms with Crippen LogP contribution in [0, 0.1) is 0 Å². The summed E-state index contributed by atoms with van der Waals surface area (Å²) in [6.07, 6.45) is -4.73. The van der Waals surface area contributed by atoms with Crippen molar-refractivity contribution >= 4 is 19.4 Å². The van der Waals surface area contributed by atoms with Crippen LogP contribution in [0.15, 0.2) is 42.5 Å². The van der Waals surface area contributed by atoms with Crippen molar-refractivity contribution in [1.82, 2.24) is 25.0 Å². The van der Waals surface area contributed by atoms with Crippen LogP contribution in [0.5, 0.6) is 0 Å². The second-order valence-corrected chi connectivity index (χ2v) is 4.68. The van der Waals surface area contributed by atoms with Gasteiger partial charge in [0.05, 0.1) is 5.72 Å². The monoisotopic (exact) mass is 329 g/mol.